The first-order valence-corrected chi connectivity index (χ1v) is 6.61. The third kappa shape index (κ3) is 2.84. The van der Waals surface area contributed by atoms with Crippen molar-refractivity contribution in [1.29, 1.82) is 0 Å². The maximum absolute atomic E-state index is 12.1. The Morgan fingerprint density at radius 2 is 2.11 bits per heavy atom. The number of esters is 1. The first-order chi connectivity index (χ1) is 8.58. The van der Waals surface area contributed by atoms with Gasteiger partial charge >= 0.3 is 5.97 Å². The van der Waals surface area contributed by atoms with E-state index in [0.717, 1.165) is 17.7 Å². The molecule has 1 heterocycles. The summed E-state index contributed by atoms with van der Waals surface area (Å²) in [4.78, 5) is 12.1. The van der Waals surface area contributed by atoms with E-state index in [0.29, 0.717) is 12.5 Å². The number of fused-ring (bicyclic) bond motifs is 1. The fourth-order valence-electron chi connectivity index (χ4n) is 2.49. The molecule has 2 rings (SSSR count). The maximum atomic E-state index is 12.1. The molecule has 0 saturated heterocycles. The Kier molecular flexibility index (Phi) is 3.90. The van der Waals surface area contributed by atoms with Gasteiger partial charge in [0.05, 0.1) is 6.10 Å². The summed E-state index contributed by atoms with van der Waals surface area (Å²) < 4.78 is 5.52. The molecule has 1 N–H and O–H groups in total. The molecule has 1 aromatic carbocycles. The van der Waals surface area contributed by atoms with Crippen LogP contribution >= 0.6 is 0 Å². The smallest absolute Gasteiger partial charge is 0.315 e. The summed E-state index contributed by atoms with van der Waals surface area (Å²) in [5, 5.41) is 3.24. The first kappa shape index (κ1) is 12.9. The first-order valence-electron chi connectivity index (χ1n) is 6.61. The molecule has 0 bridgehead atoms. The minimum absolute atomic E-state index is 0.00902. The van der Waals surface area contributed by atoms with Crippen molar-refractivity contribution in [3.63, 3.8) is 0 Å². The van der Waals surface area contributed by atoms with E-state index in [1.54, 1.807) is 0 Å². The molecule has 0 aliphatic carbocycles. The van der Waals surface area contributed by atoms with Crippen LogP contribution in [0.2, 0.25) is 0 Å². The Morgan fingerprint density at radius 3 is 2.83 bits per heavy atom. The highest BCUT2D eigenvalue weighted by Crippen LogP contribution is 2.32. The lowest BCUT2D eigenvalue weighted by molar-refractivity contribution is -0.150. The third-order valence-corrected chi connectivity index (χ3v) is 3.24. The topological polar surface area (TPSA) is 38.3 Å². The quantitative estimate of drug-likeness (QED) is 0.830. The van der Waals surface area contributed by atoms with Crippen molar-refractivity contribution in [3.05, 3.63) is 29.8 Å². The number of hydrogen-bond donors (Lipinski definition) is 1. The molecule has 2 atom stereocenters. The predicted octanol–water partition coefficient (Wildman–Crippen LogP) is 3.17. The fraction of sp³-hybridized carbons (Fsp3) is 0.533. The van der Waals surface area contributed by atoms with Crippen LogP contribution in [0.5, 0.6) is 0 Å². The number of rotatable bonds is 4. The largest absolute Gasteiger partial charge is 0.462 e. The number of anilines is 1. The highest BCUT2D eigenvalue weighted by Gasteiger charge is 2.30. The van der Waals surface area contributed by atoms with Crippen molar-refractivity contribution in [2.24, 2.45) is 5.92 Å². The summed E-state index contributed by atoms with van der Waals surface area (Å²) in [5.74, 6) is 0.276. The average Bonchev–Trinajstić information content (AvgIpc) is 2.71. The van der Waals surface area contributed by atoms with Crippen LogP contribution in [0.25, 0.3) is 0 Å². The zero-order valence-corrected chi connectivity index (χ0v) is 11.3. The van der Waals surface area contributed by atoms with Crippen LogP contribution < -0.4 is 5.32 Å². The zero-order valence-electron chi connectivity index (χ0n) is 11.3. The average molecular weight is 247 g/mol. The molecule has 98 valence electrons. The number of ether oxygens (including phenoxy) is 1. The van der Waals surface area contributed by atoms with Gasteiger partial charge in [-0.25, -0.2) is 0 Å². The molecule has 3 nitrogen and oxygen atoms in total. The van der Waals surface area contributed by atoms with Crippen LogP contribution in [-0.4, -0.2) is 18.6 Å². The summed E-state index contributed by atoms with van der Waals surface area (Å²) in [6.45, 7) is 6.88. The molecule has 0 aromatic heterocycles. The van der Waals surface area contributed by atoms with Crippen molar-refractivity contribution in [2.45, 2.75) is 39.2 Å². The van der Waals surface area contributed by atoms with Crippen LogP contribution in [-0.2, 0) is 9.53 Å². The van der Waals surface area contributed by atoms with Crippen LogP contribution in [0, 0.1) is 5.92 Å². The van der Waals surface area contributed by atoms with Crippen LogP contribution in [0.1, 0.15) is 38.7 Å². The number of carbonyl (C=O) groups excluding carboxylic acids is 1. The molecule has 0 fully saturated rings. The monoisotopic (exact) mass is 247 g/mol. The predicted molar refractivity (Wildman–Crippen MR) is 72.7 cm³/mol. The second-order valence-corrected chi connectivity index (χ2v) is 5.40. The van der Waals surface area contributed by atoms with Gasteiger partial charge in [0.1, 0.15) is 5.92 Å². The molecule has 3 heteroatoms. The van der Waals surface area contributed by atoms with Gasteiger partial charge in [0, 0.05) is 12.2 Å². The molecular formula is C15H21NO2. The van der Waals surface area contributed by atoms with E-state index in [1.165, 1.54) is 0 Å². The van der Waals surface area contributed by atoms with Crippen molar-refractivity contribution in [1.82, 2.24) is 0 Å². The maximum Gasteiger partial charge on any atom is 0.315 e. The molecule has 0 saturated carbocycles. The molecule has 1 aliphatic heterocycles. The number of nitrogens with one attached hydrogen (secondary N) is 1. The number of para-hydroxylation sites is 1. The summed E-state index contributed by atoms with van der Waals surface area (Å²) >= 11 is 0. The van der Waals surface area contributed by atoms with Crippen LogP contribution in [0.3, 0.4) is 0 Å². The number of hydrogen-bond acceptors (Lipinski definition) is 3. The van der Waals surface area contributed by atoms with E-state index in [4.69, 9.17) is 4.74 Å². The van der Waals surface area contributed by atoms with E-state index in [-0.39, 0.29) is 18.0 Å². The van der Waals surface area contributed by atoms with E-state index < -0.39 is 0 Å². The zero-order chi connectivity index (χ0) is 13.1. The van der Waals surface area contributed by atoms with Gasteiger partial charge in [-0.05, 0) is 30.9 Å². The molecule has 1 aromatic rings. The van der Waals surface area contributed by atoms with Crippen molar-refractivity contribution in [3.8, 4) is 0 Å². The van der Waals surface area contributed by atoms with E-state index >= 15 is 0 Å². The number of carbonyl (C=O) groups is 1. The van der Waals surface area contributed by atoms with Gasteiger partial charge in [0.25, 0.3) is 0 Å². The molecule has 0 spiro atoms. The minimum atomic E-state index is -0.157. The number of benzene rings is 1. The van der Waals surface area contributed by atoms with Gasteiger partial charge < -0.3 is 10.1 Å². The minimum Gasteiger partial charge on any atom is -0.462 e. The second-order valence-electron chi connectivity index (χ2n) is 5.40. The SMILES string of the molecule is CC(C)CC(C)OC(=O)C1CNc2ccccc21. The highest BCUT2D eigenvalue weighted by atomic mass is 16.5. The third-order valence-electron chi connectivity index (χ3n) is 3.24. The van der Waals surface area contributed by atoms with E-state index in [2.05, 4.69) is 19.2 Å². The Hall–Kier alpha value is -1.51. The van der Waals surface area contributed by atoms with Gasteiger partial charge in [0.2, 0.25) is 0 Å². The van der Waals surface area contributed by atoms with Crippen molar-refractivity contribution < 1.29 is 9.53 Å². The van der Waals surface area contributed by atoms with Crippen LogP contribution in [0.15, 0.2) is 24.3 Å². The van der Waals surface area contributed by atoms with Gasteiger partial charge in [0.15, 0.2) is 0 Å². The summed E-state index contributed by atoms with van der Waals surface area (Å²) in [5.41, 5.74) is 2.11. The van der Waals surface area contributed by atoms with Crippen molar-refractivity contribution in [2.75, 3.05) is 11.9 Å². The molecule has 18 heavy (non-hydrogen) atoms. The van der Waals surface area contributed by atoms with E-state index in [1.807, 2.05) is 31.2 Å². The molecule has 2 unspecified atom stereocenters. The Morgan fingerprint density at radius 1 is 1.39 bits per heavy atom. The molecular weight excluding hydrogens is 226 g/mol. The normalized spacial score (nSPS) is 19.2. The van der Waals surface area contributed by atoms with Gasteiger partial charge in [-0.15, -0.1) is 0 Å². The lowest BCUT2D eigenvalue weighted by Crippen LogP contribution is -2.23. The van der Waals surface area contributed by atoms with E-state index in [9.17, 15) is 4.79 Å². The van der Waals surface area contributed by atoms with Crippen LogP contribution in [0.4, 0.5) is 5.69 Å². The second kappa shape index (κ2) is 5.42. The van der Waals surface area contributed by atoms with Gasteiger partial charge in [-0.2, -0.15) is 0 Å². The molecule has 0 radical (unpaired) electrons. The Balaban J connectivity index is 1.99. The van der Waals surface area contributed by atoms with Gasteiger partial charge in [-0.3, -0.25) is 4.79 Å². The fourth-order valence-corrected chi connectivity index (χ4v) is 2.49. The highest BCUT2D eigenvalue weighted by molar-refractivity contribution is 5.83. The standard InChI is InChI=1S/C15H21NO2/c1-10(2)8-11(3)18-15(17)13-9-16-14-7-5-4-6-12(13)14/h4-7,10-11,13,16H,8-9H2,1-3H3. The molecule has 0 amide bonds. The lowest BCUT2D eigenvalue weighted by atomic mass is 10.0. The lowest BCUT2D eigenvalue weighted by Gasteiger charge is -2.17. The Labute approximate surface area is 109 Å². The summed E-state index contributed by atoms with van der Waals surface area (Å²) in [6, 6.07) is 7.93. The van der Waals surface area contributed by atoms with Gasteiger partial charge in [-0.1, -0.05) is 32.0 Å². The summed E-state index contributed by atoms with van der Waals surface area (Å²) in [7, 11) is 0. The van der Waals surface area contributed by atoms with Crippen molar-refractivity contribution >= 4 is 11.7 Å². The Bertz CT molecular complexity index is 428. The molecule has 1 aliphatic rings. The summed E-state index contributed by atoms with van der Waals surface area (Å²) in [6.07, 6.45) is 0.901.